The van der Waals surface area contributed by atoms with E-state index in [1.807, 2.05) is 32.0 Å². The van der Waals surface area contributed by atoms with Gasteiger partial charge in [-0.15, -0.1) is 0 Å². The van der Waals surface area contributed by atoms with Crippen molar-refractivity contribution in [1.82, 2.24) is 4.90 Å². The van der Waals surface area contributed by atoms with Crippen LogP contribution in [0, 0.1) is 0 Å². The third kappa shape index (κ3) is 3.43. The van der Waals surface area contributed by atoms with Crippen molar-refractivity contribution in [2.45, 2.75) is 39.1 Å². The van der Waals surface area contributed by atoms with E-state index in [2.05, 4.69) is 10.1 Å². The molecule has 1 amide bonds. The maximum Gasteiger partial charge on any atom is 0.387 e. The summed E-state index contributed by atoms with van der Waals surface area (Å²) in [5.74, 6) is 0.0537. The van der Waals surface area contributed by atoms with Crippen LogP contribution in [0.25, 0.3) is 0 Å². The number of ether oxygens (including phenoxy) is 1. The number of benzene rings is 2. The molecular weight excluding hydrogens is 326 g/mol. The van der Waals surface area contributed by atoms with E-state index in [0.717, 1.165) is 17.7 Å². The average molecular weight is 346 g/mol. The second kappa shape index (κ2) is 7.09. The lowest BCUT2D eigenvalue weighted by molar-refractivity contribution is -0.0498. The van der Waals surface area contributed by atoms with Crippen LogP contribution in [0.2, 0.25) is 0 Å². The fraction of sp³-hybridized carbons (Fsp3) is 0.316. The van der Waals surface area contributed by atoms with Gasteiger partial charge in [-0.2, -0.15) is 8.78 Å². The molecule has 0 aromatic heterocycles. The molecule has 0 saturated carbocycles. The maximum absolute atomic E-state index is 13.0. The van der Waals surface area contributed by atoms with Crippen LogP contribution in [0.5, 0.6) is 5.75 Å². The third-order valence-electron chi connectivity index (χ3n) is 4.45. The van der Waals surface area contributed by atoms with Gasteiger partial charge in [-0.25, -0.2) is 0 Å². The van der Waals surface area contributed by atoms with Crippen molar-refractivity contribution in [2.75, 3.05) is 5.32 Å². The SMILES string of the molecule is CC[C@@H](C)N1C(=O)c2ccccc2N[C@H]1c1ccc(OC(F)F)cc1. The van der Waals surface area contributed by atoms with E-state index in [9.17, 15) is 13.6 Å². The fourth-order valence-corrected chi connectivity index (χ4v) is 3.00. The van der Waals surface area contributed by atoms with Gasteiger partial charge < -0.3 is 15.0 Å². The number of carbonyl (C=O) groups is 1. The van der Waals surface area contributed by atoms with E-state index in [1.165, 1.54) is 12.1 Å². The van der Waals surface area contributed by atoms with Gasteiger partial charge in [-0.1, -0.05) is 31.2 Å². The van der Waals surface area contributed by atoms with E-state index >= 15 is 0 Å². The van der Waals surface area contributed by atoms with E-state index in [-0.39, 0.29) is 23.9 Å². The Balaban J connectivity index is 1.96. The first kappa shape index (κ1) is 17.2. The van der Waals surface area contributed by atoms with Crippen molar-refractivity contribution in [1.29, 1.82) is 0 Å². The number of hydrogen-bond donors (Lipinski definition) is 1. The number of nitrogens with one attached hydrogen (secondary N) is 1. The second-order valence-electron chi connectivity index (χ2n) is 6.01. The first-order valence-electron chi connectivity index (χ1n) is 8.24. The number of halogens is 2. The van der Waals surface area contributed by atoms with Crippen molar-refractivity contribution < 1.29 is 18.3 Å². The van der Waals surface area contributed by atoms with Gasteiger partial charge in [0.2, 0.25) is 0 Å². The lowest BCUT2D eigenvalue weighted by Crippen LogP contribution is -2.47. The Hall–Kier alpha value is -2.63. The number of para-hydroxylation sites is 1. The molecule has 25 heavy (non-hydrogen) atoms. The normalized spacial score (nSPS) is 17.9. The molecule has 0 bridgehead atoms. The van der Waals surface area contributed by atoms with Crippen LogP contribution >= 0.6 is 0 Å². The van der Waals surface area contributed by atoms with Crippen LogP contribution in [0.3, 0.4) is 0 Å². The van der Waals surface area contributed by atoms with Gasteiger partial charge >= 0.3 is 6.61 Å². The Morgan fingerprint density at radius 1 is 1.16 bits per heavy atom. The van der Waals surface area contributed by atoms with E-state index in [4.69, 9.17) is 0 Å². The van der Waals surface area contributed by atoms with E-state index in [1.54, 1.807) is 23.1 Å². The molecule has 0 spiro atoms. The highest BCUT2D eigenvalue weighted by atomic mass is 19.3. The van der Waals surface area contributed by atoms with E-state index < -0.39 is 6.61 Å². The highest BCUT2D eigenvalue weighted by molar-refractivity contribution is 6.01. The molecule has 0 radical (unpaired) electrons. The van der Waals surface area contributed by atoms with Crippen molar-refractivity contribution in [2.24, 2.45) is 0 Å². The third-order valence-corrected chi connectivity index (χ3v) is 4.45. The Morgan fingerprint density at radius 3 is 2.48 bits per heavy atom. The summed E-state index contributed by atoms with van der Waals surface area (Å²) in [5, 5.41) is 3.39. The molecule has 0 unspecified atom stereocenters. The van der Waals surface area contributed by atoms with Gasteiger partial charge in [0.25, 0.3) is 5.91 Å². The molecule has 132 valence electrons. The summed E-state index contributed by atoms with van der Waals surface area (Å²) in [6, 6.07) is 13.8. The molecule has 2 atom stereocenters. The van der Waals surface area contributed by atoms with Crippen LogP contribution in [0.15, 0.2) is 48.5 Å². The number of nitrogens with zero attached hydrogens (tertiary/aromatic N) is 1. The summed E-state index contributed by atoms with van der Waals surface area (Å²) >= 11 is 0. The zero-order valence-corrected chi connectivity index (χ0v) is 14.1. The zero-order valence-electron chi connectivity index (χ0n) is 14.1. The minimum absolute atomic E-state index is 0.0235. The highest BCUT2D eigenvalue weighted by Crippen LogP contribution is 2.35. The van der Waals surface area contributed by atoms with Gasteiger partial charge in [0.1, 0.15) is 11.9 Å². The molecule has 3 rings (SSSR count). The molecule has 0 fully saturated rings. The molecule has 1 aliphatic heterocycles. The molecule has 6 heteroatoms. The monoisotopic (exact) mass is 346 g/mol. The van der Waals surface area contributed by atoms with Gasteiger partial charge in [0.05, 0.1) is 5.56 Å². The Kier molecular flexibility index (Phi) is 4.88. The minimum atomic E-state index is -2.86. The Morgan fingerprint density at radius 2 is 1.84 bits per heavy atom. The fourth-order valence-electron chi connectivity index (χ4n) is 3.00. The number of amides is 1. The van der Waals surface area contributed by atoms with Crippen molar-refractivity contribution in [3.05, 3.63) is 59.7 Å². The summed E-state index contributed by atoms with van der Waals surface area (Å²) in [4.78, 5) is 14.8. The van der Waals surface area contributed by atoms with E-state index in [0.29, 0.717) is 5.56 Å². The highest BCUT2D eigenvalue weighted by Gasteiger charge is 2.35. The predicted molar refractivity (Wildman–Crippen MR) is 91.8 cm³/mol. The van der Waals surface area contributed by atoms with Crippen molar-refractivity contribution in [3.63, 3.8) is 0 Å². The summed E-state index contributed by atoms with van der Waals surface area (Å²) in [6.45, 7) is 1.16. The molecule has 4 nitrogen and oxygen atoms in total. The van der Waals surface area contributed by atoms with Crippen molar-refractivity contribution >= 4 is 11.6 Å². The van der Waals surface area contributed by atoms with Crippen LogP contribution in [-0.4, -0.2) is 23.5 Å². The smallest absolute Gasteiger partial charge is 0.387 e. The lowest BCUT2D eigenvalue weighted by Gasteiger charge is -2.41. The number of anilines is 1. The number of fused-ring (bicyclic) bond motifs is 1. The summed E-state index contributed by atoms with van der Waals surface area (Å²) in [5.41, 5.74) is 2.21. The molecule has 0 saturated heterocycles. The standard InChI is InChI=1S/C19H20F2N2O2/c1-3-12(2)23-17(13-8-10-14(11-9-13)25-19(20)21)22-16-7-5-4-6-15(16)18(23)24/h4-12,17,19,22H,3H2,1-2H3/t12-,17-/m1/s1. The number of alkyl halides is 2. The first-order valence-corrected chi connectivity index (χ1v) is 8.24. The van der Waals surface area contributed by atoms with Crippen LogP contribution < -0.4 is 10.1 Å². The lowest BCUT2D eigenvalue weighted by atomic mass is 10.0. The Bertz CT molecular complexity index is 749. The molecule has 1 heterocycles. The molecular formula is C19H20F2N2O2. The number of hydrogen-bond acceptors (Lipinski definition) is 3. The van der Waals surface area contributed by atoms with Gasteiger partial charge in [0.15, 0.2) is 0 Å². The average Bonchev–Trinajstić information content (AvgIpc) is 2.61. The summed E-state index contributed by atoms with van der Waals surface area (Å²) in [7, 11) is 0. The van der Waals surface area contributed by atoms with Gasteiger partial charge in [-0.05, 0) is 43.2 Å². The van der Waals surface area contributed by atoms with Gasteiger partial charge in [0, 0.05) is 11.7 Å². The number of carbonyl (C=O) groups excluding carboxylic acids is 1. The topological polar surface area (TPSA) is 41.6 Å². The molecule has 0 aliphatic carbocycles. The summed E-state index contributed by atoms with van der Waals surface area (Å²) in [6.07, 6.45) is 0.441. The van der Waals surface area contributed by atoms with Gasteiger partial charge in [-0.3, -0.25) is 4.79 Å². The van der Waals surface area contributed by atoms with Crippen LogP contribution in [0.1, 0.15) is 42.4 Å². The molecule has 1 aliphatic rings. The van der Waals surface area contributed by atoms with Crippen LogP contribution in [0.4, 0.5) is 14.5 Å². The first-order chi connectivity index (χ1) is 12.0. The van der Waals surface area contributed by atoms with Crippen LogP contribution in [-0.2, 0) is 0 Å². The maximum atomic E-state index is 13.0. The Labute approximate surface area is 145 Å². The number of rotatable bonds is 5. The minimum Gasteiger partial charge on any atom is -0.435 e. The quantitative estimate of drug-likeness (QED) is 0.857. The largest absolute Gasteiger partial charge is 0.435 e. The predicted octanol–water partition coefficient (Wildman–Crippen LogP) is 4.65. The molecule has 2 aromatic rings. The second-order valence-corrected chi connectivity index (χ2v) is 6.01. The molecule has 1 N–H and O–H groups in total. The molecule has 2 aromatic carbocycles. The summed E-state index contributed by atoms with van der Waals surface area (Å²) < 4.78 is 29.0. The zero-order chi connectivity index (χ0) is 18.0. The van der Waals surface area contributed by atoms with Crippen molar-refractivity contribution in [3.8, 4) is 5.75 Å².